The van der Waals surface area contributed by atoms with Crippen LogP contribution in [0.3, 0.4) is 0 Å². The molecular weight excluding hydrogens is 226 g/mol. The van der Waals surface area contributed by atoms with Crippen LogP contribution in [0.1, 0.15) is 18.9 Å². The molecule has 1 amide bonds. The Kier molecular flexibility index (Phi) is 4.59. The fourth-order valence-corrected chi connectivity index (χ4v) is 2.21. The number of rotatable bonds is 5. The lowest BCUT2D eigenvalue weighted by Crippen LogP contribution is -2.48. The van der Waals surface area contributed by atoms with Crippen molar-refractivity contribution in [1.29, 1.82) is 0 Å². The van der Waals surface area contributed by atoms with Crippen molar-refractivity contribution < 1.29 is 4.79 Å². The van der Waals surface area contributed by atoms with Gasteiger partial charge in [-0.2, -0.15) is 0 Å². The van der Waals surface area contributed by atoms with Crippen LogP contribution in [-0.4, -0.2) is 32.1 Å². The maximum Gasteiger partial charge on any atom is 0.239 e. The number of nitrogens with zero attached hydrogens (tertiary/aromatic N) is 1. The summed E-state index contributed by atoms with van der Waals surface area (Å²) in [6, 6.07) is 8.31. The summed E-state index contributed by atoms with van der Waals surface area (Å²) in [5, 5.41) is 6.27. The molecule has 1 aromatic rings. The summed E-state index contributed by atoms with van der Waals surface area (Å²) in [7, 11) is 0. The minimum atomic E-state index is 0.109. The van der Waals surface area contributed by atoms with E-state index in [9.17, 15) is 4.79 Å². The molecule has 18 heavy (non-hydrogen) atoms. The van der Waals surface area contributed by atoms with Gasteiger partial charge in [-0.15, -0.1) is 0 Å². The van der Waals surface area contributed by atoms with Crippen LogP contribution in [0.2, 0.25) is 0 Å². The number of anilines is 1. The van der Waals surface area contributed by atoms with Crippen molar-refractivity contribution in [2.45, 2.75) is 19.9 Å². The second-order valence-corrected chi connectivity index (χ2v) is 4.58. The van der Waals surface area contributed by atoms with Crippen molar-refractivity contribution in [3.8, 4) is 0 Å². The molecular formula is C14H21N3O. The van der Waals surface area contributed by atoms with Gasteiger partial charge < -0.3 is 15.5 Å². The molecule has 1 aliphatic heterocycles. The number of hydrogen-bond acceptors (Lipinski definition) is 3. The molecule has 0 saturated carbocycles. The van der Waals surface area contributed by atoms with E-state index in [1.807, 2.05) is 6.07 Å². The third-order valence-electron chi connectivity index (χ3n) is 3.11. The average molecular weight is 247 g/mol. The van der Waals surface area contributed by atoms with Gasteiger partial charge in [-0.1, -0.05) is 25.1 Å². The first-order valence-corrected chi connectivity index (χ1v) is 6.61. The standard InChI is InChI=1S/C14H21N3O/c1-2-7-15-10-12-5-3-4-6-13(12)17-9-8-16-14(18)11-17/h3-6,15H,2,7-11H2,1H3,(H,16,18). The van der Waals surface area contributed by atoms with Gasteiger partial charge in [0.05, 0.1) is 6.54 Å². The van der Waals surface area contributed by atoms with E-state index in [4.69, 9.17) is 0 Å². The molecule has 1 fully saturated rings. The van der Waals surface area contributed by atoms with Crippen LogP contribution in [0.4, 0.5) is 5.69 Å². The summed E-state index contributed by atoms with van der Waals surface area (Å²) in [5.74, 6) is 0.109. The maximum atomic E-state index is 11.5. The lowest BCUT2D eigenvalue weighted by atomic mass is 10.1. The zero-order valence-corrected chi connectivity index (χ0v) is 10.9. The van der Waals surface area contributed by atoms with Gasteiger partial charge in [0.15, 0.2) is 0 Å². The first-order valence-electron chi connectivity index (χ1n) is 6.61. The van der Waals surface area contributed by atoms with E-state index in [2.05, 4.69) is 40.7 Å². The predicted molar refractivity (Wildman–Crippen MR) is 73.7 cm³/mol. The number of para-hydroxylation sites is 1. The van der Waals surface area contributed by atoms with Gasteiger partial charge in [0.1, 0.15) is 0 Å². The van der Waals surface area contributed by atoms with Gasteiger partial charge >= 0.3 is 0 Å². The molecule has 0 unspecified atom stereocenters. The second kappa shape index (κ2) is 6.40. The van der Waals surface area contributed by atoms with Crippen LogP contribution in [0, 0.1) is 0 Å². The van der Waals surface area contributed by atoms with Gasteiger partial charge in [0.25, 0.3) is 0 Å². The highest BCUT2D eigenvalue weighted by Crippen LogP contribution is 2.20. The highest BCUT2D eigenvalue weighted by Gasteiger charge is 2.18. The van der Waals surface area contributed by atoms with Gasteiger partial charge in [0, 0.05) is 25.3 Å². The van der Waals surface area contributed by atoms with Crippen molar-refractivity contribution in [2.75, 3.05) is 31.1 Å². The Balaban J connectivity index is 2.08. The molecule has 1 heterocycles. The molecule has 2 N–H and O–H groups in total. The van der Waals surface area contributed by atoms with Crippen molar-refractivity contribution in [3.05, 3.63) is 29.8 Å². The highest BCUT2D eigenvalue weighted by atomic mass is 16.2. The van der Waals surface area contributed by atoms with Gasteiger partial charge in [0.2, 0.25) is 5.91 Å². The van der Waals surface area contributed by atoms with Crippen LogP contribution in [-0.2, 0) is 11.3 Å². The van der Waals surface area contributed by atoms with Crippen LogP contribution in [0.25, 0.3) is 0 Å². The molecule has 0 spiro atoms. The molecule has 0 bridgehead atoms. The van der Waals surface area contributed by atoms with Crippen LogP contribution >= 0.6 is 0 Å². The number of hydrogen-bond donors (Lipinski definition) is 2. The van der Waals surface area contributed by atoms with E-state index in [1.165, 1.54) is 11.3 Å². The Labute approximate surface area is 108 Å². The minimum Gasteiger partial charge on any atom is -0.360 e. The van der Waals surface area contributed by atoms with Gasteiger partial charge in [-0.25, -0.2) is 0 Å². The number of carbonyl (C=O) groups excluding carboxylic acids is 1. The number of piperazine rings is 1. The number of benzene rings is 1. The Morgan fingerprint density at radius 1 is 1.39 bits per heavy atom. The molecule has 1 saturated heterocycles. The van der Waals surface area contributed by atoms with Crippen LogP contribution in [0.5, 0.6) is 0 Å². The van der Waals surface area contributed by atoms with Crippen molar-refractivity contribution in [1.82, 2.24) is 10.6 Å². The summed E-state index contributed by atoms with van der Waals surface area (Å²) in [6.45, 7) is 6.13. The third-order valence-corrected chi connectivity index (χ3v) is 3.11. The van der Waals surface area contributed by atoms with Crippen molar-refractivity contribution >= 4 is 11.6 Å². The van der Waals surface area contributed by atoms with Gasteiger partial charge in [-0.05, 0) is 24.6 Å². The molecule has 0 aliphatic carbocycles. The average Bonchev–Trinajstić information content (AvgIpc) is 2.40. The molecule has 0 radical (unpaired) electrons. The smallest absolute Gasteiger partial charge is 0.239 e. The fourth-order valence-electron chi connectivity index (χ4n) is 2.21. The molecule has 2 rings (SSSR count). The van der Waals surface area contributed by atoms with E-state index in [1.54, 1.807) is 0 Å². The molecule has 4 nitrogen and oxygen atoms in total. The van der Waals surface area contributed by atoms with E-state index < -0.39 is 0 Å². The Morgan fingerprint density at radius 3 is 3.00 bits per heavy atom. The van der Waals surface area contributed by atoms with E-state index in [0.717, 1.165) is 32.6 Å². The number of amides is 1. The zero-order valence-electron chi connectivity index (χ0n) is 10.9. The molecule has 1 aliphatic rings. The molecule has 0 atom stereocenters. The molecule has 98 valence electrons. The van der Waals surface area contributed by atoms with E-state index in [0.29, 0.717) is 6.54 Å². The highest BCUT2D eigenvalue weighted by molar-refractivity contribution is 5.83. The molecule has 0 aromatic heterocycles. The topological polar surface area (TPSA) is 44.4 Å². The summed E-state index contributed by atoms with van der Waals surface area (Å²) >= 11 is 0. The molecule has 4 heteroatoms. The van der Waals surface area contributed by atoms with Crippen LogP contribution < -0.4 is 15.5 Å². The zero-order chi connectivity index (χ0) is 12.8. The van der Waals surface area contributed by atoms with Crippen LogP contribution in [0.15, 0.2) is 24.3 Å². The summed E-state index contributed by atoms with van der Waals surface area (Å²) < 4.78 is 0. The molecule has 1 aromatic carbocycles. The summed E-state index contributed by atoms with van der Waals surface area (Å²) in [4.78, 5) is 13.6. The normalized spacial score (nSPS) is 15.6. The lowest BCUT2D eigenvalue weighted by molar-refractivity contribution is -0.120. The summed E-state index contributed by atoms with van der Waals surface area (Å²) in [6.07, 6.45) is 1.13. The van der Waals surface area contributed by atoms with E-state index >= 15 is 0 Å². The second-order valence-electron chi connectivity index (χ2n) is 4.58. The third kappa shape index (κ3) is 3.23. The van der Waals surface area contributed by atoms with E-state index in [-0.39, 0.29) is 5.91 Å². The lowest BCUT2D eigenvalue weighted by Gasteiger charge is -2.30. The Bertz CT molecular complexity index is 406. The largest absolute Gasteiger partial charge is 0.360 e. The Morgan fingerprint density at radius 2 is 2.22 bits per heavy atom. The predicted octanol–water partition coefficient (Wildman–Crippen LogP) is 1.12. The number of carbonyl (C=O) groups is 1. The maximum absolute atomic E-state index is 11.5. The first-order chi connectivity index (χ1) is 8.81. The Hall–Kier alpha value is -1.55. The van der Waals surface area contributed by atoms with Crippen molar-refractivity contribution in [3.63, 3.8) is 0 Å². The first kappa shape index (κ1) is 12.9. The monoisotopic (exact) mass is 247 g/mol. The summed E-state index contributed by atoms with van der Waals surface area (Å²) in [5.41, 5.74) is 2.44. The quantitative estimate of drug-likeness (QED) is 0.766. The minimum absolute atomic E-state index is 0.109. The van der Waals surface area contributed by atoms with Gasteiger partial charge in [-0.3, -0.25) is 4.79 Å². The van der Waals surface area contributed by atoms with Crippen molar-refractivity contribution in [2.24, 2.45) is 0 Å². The SMILES string of the molecule is CCCNCc1ccccc1N1CCNC(=O)C1. The number of nitrogens with one attached hydrogen (secondary N) is 2. The fraction of sp³-hybridized carbons (Fsp3) is 0.500.